The Morgan fingerprint density at radius 1 is 1.33 bits per heavy atom. The van der Waals surface area contributed by atoms with Crippen molar-refractivity contribution in [2.24, 2.45) is 0 Å². The first kappa shape index (κ1) is 14.6. The van der Waals surface area contributed by atoms with Crippen LogP contribution in [-0.2, 0) is 11.2 Å². The molecule has 0 unspecified atom stereocenters. The summed E-state index contributed by atoms with van der Waals surface area (Å²) in [5, 5.41) is 5.96. The average molecular weight is 252 g/mol. The number of hydrogen-bond acceptors (Lipinski definition) is 2. The van der Waals surface area contributed by atoms with E-state index in [4.69, 9.17) is 0 Å². The number of carbonyl (C=O) groups excluding carboxylic acids is 1. The van der Waals surface area contributed by atoms with Crippen LogP contribution < -0.4 is 10.6 Å². The van der Waals surface area contributed by atoms with Crippen molar-refractivity contribution in [1.29, 1.82) is 0 Å². The number of halogens is 1. The Labute approximate surface area is 108 Å². The molecule has 1 aromatic carbocycles. The van der Waals surface area contributed by atoms with Crippen LogP contribution in [0.15, 0.2) is 18.2 Å². The number of rotatable bonds is 7. The number of benzene rings is 1. The molecule has 4 heteroatoms. The van der Waals surface area contributed by atoms with Crippen LogP contribution >= 0.6 is 0 Å². The molecule has 0 aromatic heterocycles. The van der Waals surface area contributed by atoms with E-state index in [2.05, 4.69) is 10.6 Å². The maximum atomic E-state index is 12.9. The van der Waals surface area contributed by atoms with Gasteiger partial charge in [-0.1, -0.05) is 6.07 Å². The summed E-state index contributed by atoms with van der Waals surface area (Å²) in [6.07, 6.45) is 1.34. The summed E-state index contributed by atoms with van der Waals surface area (Å²) in [5.41, 5.74) is 2.11. The second-order valence-corrected chi connectivity index (χ2v) is 4.27. The van der Waals surface area contributed by atoms with Gasteiger partial charge < -0.3 is 10.6 Å². The molecule has 0 aliphatic carbocycles. The van der Waals surface area contributed by atoms with Crippen LogP contribution in [0.2, 0.25) is 0 Å². The van der Waals surface area contributed by atoms with Gasteiger partial charge in [-0.05, 0) is 50.1 Å². The zero-order valence-corrected chi connectivity index (χ0v) is 11.1. The summed E-state index contributed by atoms with van der Waals surface area (Å²) < 4.78 is 12.9. The minimum atomic E-state index is -0.194. The fourth-order valence-electron chi connectivity index (χ4n) is 1.78. The van der Waals surface area contributed by atoms with Crippen molar-refractivity contribution in [3.63, 3.8) is 0 Å². The van der Waals surface area contributed by atoms with E-state index in [1.807, 2.05) is 19.9 Å². The van der Waals surface area contributed by atoms with Gasteiger partial charge in [0.15, 0.2) is 0 Å². The number of amides is 1. The van der Waals surface area contributed by atoms with E-state index < -0.39 is 0 Å². The van der Waals surface area contributed by atoms with Gasteiger partial charge in [0.2, 0.25) is 5.91 Å². The number of aryl methyl sites for hydroxylation is 1. The fraction of sp³-hybridized carbons (Fsp3) is 0.500. The van der Waals surface area contributed by atoms with Crippen molar-refractivity contribution < 1.29 is 9.18 Å². The van der Waals surface area contributed by atoms with Crippen LogP contribution in [0.3, 0.4) is 0 Å². The molecule has 0 radical (unpaired) electrons. The van der Waals surface area contributed by atoms with Gasteiger partial charge in [0.1, 0.15) is 5.82 Å². The first-order valence-electron chi connectivity index (χ1n) is 6.36. The number of carbonyl (C=O) groups is 1. The van der Waals surface area contributed by atoms with E-state index in [1.165, 1.54) is 6.07 Å². The molecular formula is C14H21FN2O. The van der Waals surface area contributed by atoms with Crippen molar-refractivity contribution in [1.82, 2.24) is 10.6 Å². The van der Waals surface area contributed by atoms with Crippen LogP contribution in [0.1, 0.15) is 24.5 Å². The molecule has 3 nitrogen and oxygen atoms in total. The average Bonchev–Trinajstić information content (AvgIpc) is 2.31. The monoisotopic (exact) mass is 252 g/mol. The van der Waals surface area contributed by atoms with E-state index in [0.717, 1.165) is 24.1 Å². The predicted octanol–water partition coefficient (Wildman–Crippen LogP) is 1.79. The Morgan fingerprint density at radius 2 is 2.11 bits per heavy atom. The van der Waals surface area contributed by atoms with Crippen LogP contribution in [0.25, 0.3) is 0 Å². The summed E-state index contributed by atoms with van der Waals surface area (Å²) in [6, 6.07) is 4.84. The van der Waals surface area contributed by atoms with E-state index in [1.54, 1.807) is 6.07 Å². The highest BCUT2D eigenvalue weighted by atomic mass is 19.1. The molecule has 1 aromatic rings. The van der Waals surface area contributed by atoms with E-state index >= 15 is 0 Å². The van der Waals surface area contributed by atoms with Crippen LogP contribution in [0, 0.1) is 12.7 Å². The molecule has 0 saturated heterocycles. The Hall–Kier alpha value is -1.42. The fourth-order valence-corrected chi connectivity index (χ4v) is 1.78. The van der Waals surface area contributed by atoms with Crippen molar-refractivity contribution in [3.8, 4) is 0 Å². The maximum absolute atomic E-state index is 12.9. The molecule has 1 rings (SSSR count). The topological polar surface area (TPSA) is 41.1 Å². The molecule has 0 aliphatic rings. The second kappa shape index (κ2) is 7.82. The normalized spacial score (nSPS) is 10.4. The standard InChI is InChI=1S/C14H21FN2O/c1-3-17-14(18)7-9-16-8-6-12-4-5-13(15)10-11(12)2/h4-5,10,16H,3,6-9H2,1-2H3,(H,17,18). The molecule has 0 spiro atoms. The molecule has 0 heterocycles. The second-order valence-electron chi connectivity index (χ2n) is 4.27. The van der Waals surface area contributed by atoms with Crippen molar-refractivity contribution >= 4 is 5.91 Å². The molecule has 0 fully saturated rings. The minimum absolute atomic E-state index is 0.0722. The lowest BCUT2D eigenvalue weighted by Crippen LogP contribution is -2.28. The highest BCUT2D eigenvalue weighted by Gasteiger charge is 2.01. The number of nitrogens with one attached hydrogen (secondary N) is 2. The maximum Gasteiger partial charge on any atom is 0.221 e. The first-order valence-corrected chi connectivity index (χ1v) is 6.36. The van der Waals surface area contributed by atoms with Gasteiger partial charge >= 0.3 is 0 Å². The van der Waals surface area contributed by atoms with Gasteiger partial charge in [-0.3, -0.25) is 4.79 Å². The molecule has 2 N–H and O–H groups in total. The molecule has 1 amide bonds. The molecular weight excluding hydrogens is 231 g/mol. The summed E-state index contributed by atoms with van der Waals surface area (Å²) in [5.74, 6) is -0.122. The summed E-state index contributed by atoms with van der Waals surface area (Å²) in [4.78, 5) is 11.2. The lowest BCUT2D eigenvalue weighted by molar-refractivity contribution is -0.120. The highest BCUT2D eigenvalue weighted by Crippen LogP contribution is 2.10. The third kappa shape index (κ3) is 5.27. The third-order valence-corrected chi connectivity index (χ3v) is 2.78. The van der Waals surface area contributed by atoms with Gasteiger partial charge in [-0.2, -0.15) is 0 Å². The first-order chi connectivity index (χ1) is 8.63. The Morgan fingerprint density at radius 3 is 2.78 bits per heavy atom. The molecule has 0 saturated carbocycles. The zero-order valence-electron chi connectivity index (χ0n) is 11.1. The molecule has 100 valence electrons. The highest BCUT2D eigenvalue weighted by molar-refractivity contribution is 5.75. The summed E-state index contributed by atoms with van der Waals surface area (Å²) in [6.45, 7) is 5.96. The van der Waals surface area contributed by atoms with E-state index in [9.17, 15) is 9.18 Å². The molecule has 0 aliphatic heterocycles. The van der Waals surface area contributed by atoms with Crippen molar-refractivity contribution in [2.75, 3.05) is 19.6 Å². The molecule has 18 heavy (non-hydrogen) atoms. The van der Waals surface area contributed by atoms with Gasteiger partial charge in [-0.25, -0.2) is 4.39 Å². The minimum Gasteiger partial charge on any atom is -0.356 e. The lowest BCUT2D eigenvalue weighted by atomic mass is 10.1. The van der Waals surface area contributed by atoms with Gasteiger partial charge in [-0.15, -0.1) is 0 Å². The van der Waals surface area contributed by atoms with Crippen LogP contribution in [0.4, 0.5) is 4.39 Å². The van der Waals surface area contributed by atoms with Crippen molar-refractivity contribution in [2.45, 2.75) is 26.7 Å². The lowest BCUT2D eigenvalue weighted by Gasteiger charge is -2.07. The summed E-state index contributed by atoms with van der Waals surface area (Å²) >= 11 is 0. The van der Waals surface area contributed by atoms with Crippen LogP contribution in [0.5, 0.6) is 0 Å². The quantitative estimate of drug-likeness (QED) is 0.726. The molecule has 0 bridgehead atoms. The zero-order chi connectivity index (χ0) is 13.4. The van der Waals surface area contributed by atoms with Crippen molar-refractivity contribution in [3.05, 3.63) is 35.1 Å². The Balaban J connectivity index is 2.20. The molecule has 0 atom stereocenters. The Bertz CT molecular complexity index is 393. The SMILES string of the molecule is CCNC(=O)CCNCCc1ccc(F)cc1C. The largest absolute Gasteiger partial charge is 0.356 e. The number of hydrogen-bond donors (Lipinski definition) is 2. The van der Waals surface area contributed by atoms with Gasteiger partial charge in [0.05, 0.1) is 0 Å². The predicted molar refractivity (Wildman–Crippen MR) is 71.0 cm³/mol. The third-order valence-electron chi connectivity index (χ3n) is 2.78. The van der Waals surface area contributed by atoms with Crippen LogP contribution in [-0.4, -0.2) is 25.5 Å². The smallest absolute Gasteiger partial charge is 0.221 e. The van der Waals surface area contributed by atoms with E-state index in [-0.39, 0.29) is 11.7 Å². The summed E-state index contributed by atoms with van der Waals surface area (Å²) in [7, 11) is 0. The van der Waals surface area contributed by atoms with Gasteiger partial charge in [0, 0.05) is 19.5 Å². The Kier molecular flexibility index (Phi) is 6.36. The van der Waals surface area contributed by atoms with Gasteiger partial charge in [0.25, 0.3) is 0 Å². The van der Waals surface area contributed by atoms with E-state index in [0.29, 0.717) is 19.5 Å².